The first kappa shape index (κ1) is 31.5. The van der Waals surface area contributed by atoms with Crippen LogP contribution in [0.4, 0.5) is 0 Å². The summed E-state index contributed by atoms with van der Waals surface area (Å²) in [4.78, 5) is 12.6. The fraction of sp³-hybridized carbons (Fsp3) is 0.250. The van der Waals surface area contributed by atoms with Gasteiger partial charge in [0.15, 0.2) is 5.28 Å². The number of allylic oxidation sites excluding steroid dienone is 1. The Balaban J connectivity index is 2.13. The lowest BCUT2D eigenvalue weighted by atomic mass is 9.92. The van der Waals surface area contributed by atoms with E-state index < -0.39 is 55.6 Å². The van der Waals surface area contributed by atoms with Crippen molar-refractivity contribution < 1.29 is 35.2 Å². The number of carbonyl (C=O) groups is 1. The molecule has 0 radical (unpaired) electrons. The third-order valence-electron chi connectivity index (χ3n) is 6.03. The van der Waals surface area contributed by atoms with E-state index in [1.165, 1.54) is 72.8 Å². The second-order valence-corrected chi connectivity index (χ2v) is 16.5. The van der Waals surface area contributed by atoms with E-state index in [-0.39, 0.29) is 20.9 Å². The third-order valence-corrected chi connectivity index (χ3v) is 12.7. The predicted octanol–water partition coefficient (Wildman–Crippen LogP) is 6.18. The molecule has 0 bridgehead atoms. The van der Waals surface area contributed by atoms with Crippen LogP contribution in [0.25, 0.3) is 0 Å². The number of sulfone groups is 1. The number of fused-ring (bicyclic) bond motifs is 1. The normalized spacial score (nSPS) is 17.9. The van der Waals surface area contributed by atoms with Gasteiger partial charge in [0, 0.05) is 15.6 Å². The van der Waals surface area contributed by atoms with Crippen LogP contribution in [-0.2, 0) is 38.8 Å². The lowest BCUT2D eigenvalue weighted by molar-refractivity contribution is 0.103. The first-order chi connectivity index (χ1) is 19.1. The summed E-state index contributed by atoms with van der Waals surface area (Å²) in [5.74, 6) is -0.886. The number of ketones is 1. The SMILES string of the molecule is CC(C)OP(=O)(OC(C)C)C1(NS(=O)(=O)c2ccc(Br)cc2)C=C(S(=O)(=O)c2ccccc2)C(=O)c2ccccc21. The van der Waals surface area contributed by atoms with Crippen LogP contribution < -0.4 is 4.72 Å². The Bertz CT molecular complexity index is 1740. The molecule has 0 saturated carbocycles. The van der Waals surface area contributed by atoms with Crippen LogP contribution in [0.1, 0.15) is 43.6 Å². The van der Waals surface area contributed by atoms with E-state index in [9.17, 15) is 21.6 Å². The van der Waals surface area contributed by atoms with E-state index in [0.717, 1.165) is 6.08 Å². The molecule has 0 saturated heterocycles. The maximum Gasteiger partial charge on any atom is 0.360 e. The van der Waals surface area contributed by atoms with Crippen LogP contribution >= 0.6 is 23.5 Å². The molecule has 3 aromatic carbocycles. The van der Waals surface area contributed by atoms with Crippen LogP contribution in [0.3, 0.4) is 0 Å². The van der Waals surface area contributed by atoms with Gasteiger partial charge in [0.05, 0.1) is 22.0 Å². The summed E-state index contributed by atoms with van der Waals surface area (Å²) in [6.45, 7) is 6.33. The van der Waals surface area contributed by atoms with Gasteiger partial charge in [0.1, 0.15) is 4.91 Å². The maximum absolute atomic E-state index is 15.0. The number of sulfonamides is 1. The van der Waals surface area contributed by atoms with Gasteiger partial charge in [0.25, 0.3) is 0 Å². The summed E-state index contributed by atoms with van der Waals surface area (Å²) in [7, 11) is -13.8. The number of benzene rings is 3. The molecule has 1 atom stereocenters. The smallest absolute Gasteiger partial charge is 0.304 e. The maximum atomic E-state index is 15.0. The van der Waals surface area contributed by atoms with Crippen molar-refractivity contribution in [3.05, 3.63) is 105 Å². The highest BCUT2D eigenvalue weighted by atomic mass is 79.9. The van der Waals surface area contributed by atoms with Gasteiger partial charge in [0.2, 0.25) is 25.6 Å². The van der Waals surface area contributed by atoms with Crippen LogP contribution in [0.15, 0.2) is 104 Å². The second-order valence-electron chi connectivity index (χ2n) is 9.83. The van der Waals surface area contributed by atoms with Gasteiger partial charge in [-0.05, 0) is 70.2 Å². The van der Waals surface area contributed by atoms with Gasteiger partial charge in [-0.1, -0.05) is 58.4 Å². The Morgan fingerprint density at radius 2 is 1.32 bits per heavy atom. The molecule has 0 heterocycles. The first-order valence-electron chi connectivity index (χ1n) is 12.6. The summed E-state index contributed by atoms with van der Waals surface area (Å²) >= 11 is 3.27. The molecular formula is C28H29BrNO8PS2. The highest BCUT2D eigenvalue weighted by Gasteiger charge is 2.59. The van der Waals surface area contributed by atoms with Crippen molar-refractivity contribution in [2.24, 2.45) is 0 Å². The topological polar surface area (TPSA) is 133 Å². The van der Waals surface area contributed by atoms with Crippen molar-refractivity contribution in [1.29, 1.82) is 0 Å². The minimum atomic E-state index is -4.71. The predicted molar refractivity (Wildman–Crippen MR) is 159 cm³/mol. The average molecular weight is 683 g/mol. The number of rotatable bonds is 10. The standard InChI is InChI=1S/C28H29BrNO8PS2/c1-19(2)37-39(32,38-20(3)4)28(30-41(35,36)23-16-14-21(29)15-17-23)18-26(27(31)24-12-8-9-13-25(24)28)40(33,34)22-10-6-5-7-11-22/h5-20,30H,1-4H3. The molecule has 41 heavy (non-hydrogen) atoms. The molecule has 0 spiro atoms. The van der Waals surface area contributed by atoms with Crippen LogP contribution in [0, 0.1) is 0 Å². The molecule has 13 heteroatoms. The summed E-state index contributed by atoms with van der Waals surface area (Å²) in [5, 5.41) is -2.45. The van der Waals surface area contributed by atoms with Crippen molar-refractivity contribution in [3.8, 4) is 0 Å². The molecule has 0 fully saturated rings. The fourth-order valence-corrected chi connectivity index (χ4v) is 10.5. The van der Waals surface area contributed by atoms with Crippen molar-refractivity contribution >= 4 is 49.2 Å². The van der Waals surface area contributed by atoms with Crippen molar-refractivity contribution in [2.75, 3.05) is 0 Å². The van der Waals surface area contributed by atoms with Crippen molar-refractivity contribution in [2.45, 2.75) is 55.0 Å². The summed E-state index contributed by atoms with van der Waals surface area (Å²) in [5.41, 5.74) is -0.231. The second kappa shape index (κ2) is 11.7. The van der Waals surface area contributed by atoms with E-state index >= 15 is 4.57 Å². The number of nitrogens with one attached hydrogen (secondary N) is 1. The van der Waals surface area contributed by atoms with Gasteiger partial charge in [-0.2, -0.15) is 4.72 Å². The van der Waals surface area contributed by atoms with E-state index in [0.29, 0.717) is 4.47 Å². The highest BCUT2D eigenvalue weighted by Crippen LogP contribution is 2.68. The number of Topliss-reactive ketones (excluding diaryl/α,β-unsaturated/α-hetero) is 1. The van der Waals surface area contributed by atoms with E-state index in [4.69, 9.17) is 9.05 Å². The van der Waals surface area contributed by atoms with E-state index in [1.807, 2.05) is 0 Å². The van der Waals surface area contributed by atoms with Crippen LogP contribution in [-0.4, -0.2) is 34.8 Å². The van der Waals surface area contributed by atoms with Gasteiger partial charge >= 0.3 is 7.60 Å². The van der Waals surface area contributed by atoms with E-state index in [1.54, 1.807) is 33.8 Å². The first-order valence-corrected chi connectivity index (χ1v) is 17.9. The minimum Gasteiger partial charge on any atom is -0.304 e. The molecule has 4 rings (SSSR count). The molecule has 218 valence electrons. The largest absolute Gasteiger partial charge is 0.360 e. The molecule has 1 aliphatic rings. The zero-order valence-corrected chi connectivity index (χ0v) is 26.8. The molecule has 0 aromatic heterocycles. The number of hydrogen-bond acceptors (Lipinski definition) is 8. The molecular weight excluding hydrogens is 653 g/mol. The summed E-state index contributed by atoms with van der Waals surface area (Å²) in [6, 6.07) is 18.7. The lowest BCUT2D eigenvalue weighted by Gasteiger charge is -2.42. The molecule has 1 N–H and O–H groups in total. The molecule has 3 aromatic rings. The fourth-order valence-electron chi connectivity index (χ4n) is 4.40. The third kappa shape index (κ3) is 6.06. The molecule has 0 aliphatic heterocycles. The molecule has 0 amide bonds. The highest BCUT2D eigenvalue weighted by molar-refractivity contribution is 9.10. The Morgan fingerprint density at radius 3 is 1.88 bits per heavy atom. The van der Waals surface area contributed by atoms with Gasteiger partial charge < -0.3 is 9.05 Å². The van der Waals surface area contributed by atoms with Crippen molar-refractivity contribution in [3.63, 3.8) is 0 Å². The van der Waals surface area contributed by atoms with Gasteiger partial charge in [-0.25, -0.2) is 16.8 Å². The van der Waals surface area contributed by atoms with Crippen molar-refractivity contribution in [1.82, 2.24) is 4.72 Å². The van der Waals surface area contributed by atoms with Crippen LogP contribution in [0.2, 0.25) is 0 Å². The zero-order valence-electron chi connectivity index (χ0n) is 22.6. The van der Waals surface area contributed by atoms with Gasteiger partial charge in [-0.3, -0.25) is 9.36 Å². The Kier molecular flexibility index (Phi) is 8.97. The monoisotopic (exact) mass is 681 g/mol. The Labute approximate surface area is 248 Å². The molecule has 1 aliphatic carbocycles. The molecule has 1 unspecified atom stereocenters. The number of halogens is 1. The minimum absolute atomic E-state index is 0.0673. The van der Waals surface area contributed by atoms with E-state index in [2.05, 4.69) is 20.7 Å². The Morgan fingerprint density at radius 1 is 0.780 bits per heavy atom. The molecule has 9 nitrogen and oxygen atoms in total. The summed E-state index contributed by atoms with van der Waals surface area (Å²) < 4.78 is 85.6. The van der Waals surface area contributed by atoms with Crippen LogP contribution in [0.5, 0.6) is 0 Å². The summed E-state index contributed by atoms with van der Waals surface area (Å²) in [6.07, 6.45) is -0.621. The van der Waals surface area contributed by atoms with Gasteiger partial charge in [-0.15, -0.1) is 0 Å². The Hall–Kier alpha value is -2.44. The number of carbonyl (C=O) groups excluding carboxylic acids is 1. The average Bonchev–Trinajstić information content (AvgIpc) is 2.90. The lowest BCUT2D eigenvalue weighted by Crippen LogP contribution is -2.49. The number of hydrogen-bond donors (Lipinski definition) is 1. The zero-order chi connectivity index (χ0) is 30.2. The quantitative estimate of drug-likeness (QED) is 0.251.